The molecule has 0 aliphatic rings. The zero-order chi connectivity index (χ0) is 13.8. The number of nitrogens with zero attached hydrogens (tertiary/aromatic N) is 3. The van der Waals surface area contributed by atoms with Crippen molar-refractivity contribution in [3.05, 3.63) is 46.8 Å². The molecule has 0 saturated carbocycles. The fraction of sp³-hybridized carbons (Fsp3) is 0.467. The number of aryl methyl sites for hydroxylation is 2. The van der Waals surface area contributed by atoms with E-state index in [2.05, 4.69) is 54.6 Å². The van der Waals surface area contributed by atoms with E-state index in [0.29, 0.717) is 6.04 Å². The van der Waals surface area contributed by atoms with Gasteiger partial charge in [-0.05, 0) is 37.1 Å². The molecule has 19 heavy (non-hydrogen) atoms. The summed E-state index contributed by atoms with van der Waals surface area (Å²) in [5, 5.41) is 11.7. The molecule has 1 unspecified atom stereocenters. The Morgan fingerprint density at radius 1 is 1.32 bits per heavy atom. The first kappa shape index (κ1) is 13.7. The highest BCUT2D eigenvalue weighted by Gasteiger charge is 2.15. The number of aromatic nitrogens is 3. The Morgan fingerprint density at radius 3 is 2.74 bits per heavy atom. The van der Waals surface area contributed by atoms with Gasteiger partial charge in [0, 0.05) is 25.7 Å². The van der Waals surface area contributed by atoms with E-state index in [-0.39, 0.29) is 0 Å². The van der Waals surface area contributed by atoms with Crippen molar-refractivity contribution in [2.24, 2.45) is 7.05 Å². The maximum Gasteiger partial charge on any atom is 0.0845 e. The highest BCUT2D eigenvalue weighted by molar-refractivity contribution is 5.35. The number of hydrogen-bond acceptors (Lipinski definition) is 3. The fourth-order valence-corrected chi connectivity index (χ4v) is 2.39. The maximum absolute atomic E-state index is 4.19. The van der Waals surface area contributed by atoms with Crippen LogP contribution in [-0.4, -0.2) is 21.5 Å². The molecule has 0 saturated heterocycles. The molecule has 102 valence electrons. The molecule has 2 aromatic rings. The van der Waals surface area contributed by atoms with Gasteiger partial charge in [-0.25, -0.2) is 0 Å². The zero-order valence-electron chi connectivity index (χ0n) is 12.1. The monoisotopic (exact) mass is 258 g/mol. The minimum atomic E-state index is 0.293. The van der Waals surface area contributed by atoms with Crippen LogP contribution < -0.4 is 5.32 Å². The normalized spacial score (nSPS) is 12.6. The van der Waals surface area contributed by atoms with Gasteiger partial charge in [0.25, 0.3) is 0 Å². The van der Waals surface area contributed by atoms with E-state index in [1.807, 2.05) is 13.2 Å². The van der Waals surface area contributed by atoms with Gasteiger partial charge in [0.1, 0.15) is 0 Å². The molecule has 0 radical (unpaired) electrons. The molecule has 0 bridgehead atoms. The standard InChI is InChI=1S/C15H22N4/c1-5-16-15(9-13-10-19(4)18-17-13)14-8-6-7-11(2)12(14)3/h6-8,10,15-16H,5,9H2,1-4H3. The van der Waals surface area contributed by atoms with Crippen LogP contribution in [0, 0.1) is 13.8 Å². The number of hydrogen-bond donors (Lipinski definition) is 1. The van der Waals surface area contributed by atoms with Crippen LogP contribution in [0.2, 0.25) is 0 Å². The molecular formula is C15H22N4. The molecule has 1 aromatic carbocycles. The summed E-state index contributed by atoms with van der Waals surface area (Å²) in [4.78, 5) is 0. The second kappa shape index (κ2) is 5.97. The summed E-state index contributed by atoms with van der Waals surface area (Å²) in [5.41, 5.74) is 5.07. The van der Waals surface area contributed by atoms with Crippen molar-refractivity contribution in [2.75, 3.05) is 6.54 Å². The Bertz CT molecular complexity index is 545. The summed E-state index contributed by atoms with van der Waals surface area (Å²) in [5.74, 6) is 0. The van der Waals surface area contributed by atoms with Crippen molar-refractivity contribution in [1.82, 2.24) is 20.3 Å². The average Bonchev–Trinajstić information content (AvgIpc) is 2.78. The number of rotatable bonds is 5. The molecule has 0 spiro atoms. The van der Waals surface area contributed by atoms with Gasteiger partial charge >= 0.3 is 0 Å². The van der Waals surface area contributed by atoms with Crippen LogP contribution in [-0.2, 0) is 13.5 Å². The Hall–Kier alpha value is -1.68. The number of benzene rings is 1. The predicted octanol–water partition coefficient (Wildman–Crippen LogP) is 2.33. The van der Waals surface area contributed by atoms with Crippen LogP contribution in [0.4, 0.5) is 0 Å². The summed E-state index contributed by atoms with van der Waals surface area (Å²) in [6, 6.07) is 6.77. The van der Waals surface area contributed by atoms with Gasteiger partial charge in [-0.2, -0.15) is 0 Å². The predicted molar refractivity (Wildman–Crippen MR) is 77.0 cm³/mol. The van der Waals surface area contributed by atoms with Crippen LogP contribution in [0.1, 0.15) is 35.3 Å². The Labute approximate surface area is 114 Å². The van der Waals surface area contributed by atoms with Gasteiger partial charge < -0.3 is 5.32 Å². The lowest BCUT2D eigenvalue weighted by Gasteiger charge is -2.20. The number of likely N-dealkylation sites (N-methyl/N-ethyl adjacent to an activating group) is 1. The van der Waals surface area contributed by atoms with Crippen molar-refractivity contribution in [2.45, 2.75) is 33.2 Å². The highest BCUT2D eigenvalue weighted by atomic mass is 15.4. The van der Waals surface area contributed by atoms with Gasteiger partial charge in [-0.15, -0.1) is 5.10 Å². The van der Waals surface area contributed by atoms with Crippen LogP contribution in [0.25, 0.3) is 0 Å². The molecule has 4 nitrogen and oxygen atoms in total. The van der Waals surface area contributed by atoms with Gasteiger partial charge in [-0.1, -0.05) is 30.3 Å². The lowest BCUT2D eigenvalue weighted by atomic mass is 9.94. The van der Waals surface area contributed by atoms with Crippen molar-refractivity contribution >= 4 is 0 Å². The van der Waals surface area contributed by atoms with Crippen molar-refractivity contribution in [3.8, 4) is 0 Å². The highest BCUT2D eigenvalue weighted by Crippen LogP contribution is 2.23. The van der Waals surface area contributed by atoms with Crippen molar-refractivity contribution in [3.63, 3.8) is 0 Å². The van der Waals surface area contributed by atoms with E-state index in [4.69, 9.17) is 0 Å². The smallest absolute Gasteiger partial charge is 0.0845 e. The second-order valence-electron chi connectivity index (χ2n) is 4.99. The van der Waals surface area contributed by atoms with E-state index >= 15 is 0 Å². The summed E-state index contributed by atoms with van der Waals surface area (Å²) in [7, 11) is 1.90. The summed E-state index contributed by atoms with van der Waals surface area (Å²) >= 11 is 0. The fourth-order valence-electron chi connectivity index (χ4n) is 2.39. The molecule has 4 heteroatoms. The molecule has 1 atom stereocenters. The maximum atomic E-state index is 4.19. The van der Waals surface area contributed by atoms with E-state index < -0.39 is 0 Å². The van der Waals surface area contributed by atoms with E-state index in [1.165, 1.54) is 16.7 Å². The topological polar surface area (TPSA) is 42.7 Å². The lowest BCUT2D eigenvalue weighted by molar-refractivity contribution is 0.541. The minimum Gasteiger partial charge on any atom is -0.310 e. The van der Waals surface area contributed by atoms with Crippen LogP contribution in [0.3, 0.4) is 0 Å². The van der Waals surface area contributed by atoms with Crippen molar-refractivity contribution in [1.29, 1.82) is 0 Å². The summed E-state index contributed by atoms with van der Waals surface area (Å²) in [6.07, 6.45) is 2.85. The van der Waals surface area contributed by atoms with Crippen LogP contribution in [0.15, 0.2) is 24.4 Å². The quantitative estimate of drug-likeness (QED) is 0.895. The SMILES string of the molecule is CCNC(Cc1cn(C)nn1)c1cccc(C)c1C. The first-order chi connectivity index (χ1) is 9.11. The van der Waals surface area contributed by atoms with Crippen LogP contribution >= 0.6 is 0 Å². The van der Waals surface area contributed by atoms with E-state index in [9.17, 15) is 0 Å². The molecule has 0 amide bonds. The van der Waals surface area contributed by atoms with Crippen LogP contribution in [0.5, 0.6) is 0 Å². The third-order valence-corrected chi connectivity index (χ3v) is 3.54. The molecule has 2 rings (SSSR count). The molecule has 1 heterocycles. The largest absolute Gasteiger partial charge is 0.310 e. The Kier molecular flexibility index (Phi) is 4.32. The summed E-state index contributed by atoms with van der Waals surface area (Å²) < 4.78 is 1.75. The lowest BCUT2D eigenvalue weighted by Crippen LogP contribution is -2.24. The first-order valence-electron chi connectivity index (χ1n) is 6.76. The molecule has 0 aliphatic carbocycles. The van der Waals surface area contributed by atoms with Gasteiger partial charge in [0.05, 0.1) is 5.69 Å². The molecule has 0 fully saturated rings. The van der Waals surface area contributed by atoms with Gasteiger partial charge in [0.2, 0.25) is 0 Å². The molecule has 1 N–H and O–H groups in total. The van der Waals surface area contributed by atoms with E-state index in [1.54, 1.807) is 4.68 Å². The zero-order valence-corrected chi connectivity index (χ0v) is 12.1. The first-order valence-corrected chi connectivity index (χ1v) is 6.76. The molecular weight excluding hydrogens is 236 g/mol. The van der Waals surface area contributed by atoms with Gasteiger partial charge in [-0.3, -0.25) is 4.68 Å². The van der Waals surface area contributed by atoms with Gasteiger partial charge in [0.15, 0.2) is 0 Å². The Balaban J connectivity index is 2.26. The van der Waals surface area contributed by atoms with E-state index in [0.717, 1.165) is 18.7 Å². The third-order valence-electron chi connectivity index (χ3n) is 3.54. The van der Waals surface area contributed by atoms with Crippen molar-refractivity contribution < 1.29 is 0 Å². The summed E-state index contributed by atoms with van der Waals surface area (Å²) in [6.45, 7) is 7.42. The Morgan fingerprint density at radius 2 is 2.11 bits per heavy atom. The average molecular weight is 258 g/mol. The molecule has 1 aromatic heterocycles. The minimum absolute atomic E-state index is 0.293. The second-order valence-corrected chi connectivity index (χ2v) is 4.99. The third kappa shape index (κ3) is 3.20. The number of nitrogens with one attached hydrogen (secondary N) is 1. The molecule has 0 aliphatic heterocycles.